The molecular weight excluding hydrogens is 367 g/mol. The molecule has 1 aromatic rings. The quantitative estimate of drug-likeness (QED) is 0.654. The number of Topliss-reactive ketones (excluding diaryl/α,β-unsaturated/α-hetero) is 1. The summed E-state index contributed by atoms with van der Waals surface area (Å²) in [5, 5.41) is 0. The number of halogens is 3. The van der Waals surface area contributed by atoms with Crippen LogP contribution in [0.25, 0.3) is 0 Å². The van der Waals surface area contributed by atoms with Gasteiger partial charge in [-0.2, -0.15) is 13.2 Å². The van der Waals surface area contributed by atoms with Gasteiger partial charge < -0.3 is 4.90 Å². The van der Waals surface area contributed by atoms with E-state index in [0.29, 0.717) is 35.6 Å². The molecule has 1 aromatic carbocycles. The first-order valence-electron chi connectivity index (χ1n) is 10.2. The van der Waals surface area contributed by atoms with Gasteiger partial charge in [-0.1, -0.05) is 13.0 Å². The molecule has 3 fully saturated rings. The third-order valence-electron chi connectivity index (χ3n) is 8.06. The summed E-state index contributed by atoms with van der Waals surface area (Å²) in [7, 11) is 0. The molecule has 5 atom stereocenters. The third kappa shape index (κ3) is 2.42. The van der Waals surface area contributed by atoms with Gasteiger partial charge in [-0.05, 0) is 73.1 Å². The number of carbonyl (C=O) groups excluding carboxylic acids is 2. The predicted molar refractivity (Wildman–Crippen MR) is 98.0 cm³/mol. The van der Waals surface area contributed by atoms with Crippen molar-refractivity contribution in [1.82, 2.24) is 0 Å². The third-order valence-corrected chi connectivity index (χ3v) is 8.06. The van der Waals surface area contributed by atoms with Crippen molar-refractivity contribution in [3.05, 3.63) is 29.3 Å². The van der Waals surface area contributed by atoms with Gasteiger partial charge in [0, 0.05) is 24.1 Å². The molecule has 0 spiro atoms. The largest absolute Gasteiger partial charge is 0.402 e. The molecule has 6 heteroatoms. The van der Waals surface area contributed by atoms with E-state index in [0.717, 1.165) is 37.7 Å². The maximum Gasteiger partial charge on any atom is 0.402 e. The average molecular weight is 391 g/mol. The lowest BCUT2D eigenvalue weighted by atomic mass is 9.55. The second-order valence-corrected chi connectivity index (χ2v) is 9.26. The number of fused-ring (bicyclic) bond motifs is 5. The van der Waals surface area contributed by atoms with E-state index in [9.17, 15) is 22.8 Å². The van der Waals surface area contributed by atoms with Crippen LogP contribution in [0.1, 0.15) is 56.1 Å². The first kappa shape index (κ1) is 18.2. The van der Waals surface area contributed by atoms with Crippen molar-refractivity contribution >= 4 is 17.4 Å². The van der Waals surface area contributed by atoms with Gasteiger partial charge >= 0.3 is 6.18 Å². The monoisotopic (exact) mass is 391 g/mol. The van der Waals surface area contributed by atoms with E-state index in [2.05, 4.69) is 6.92 Å². The summed E-state index contributed by atoms with van der Waals surface area (Å²) in [6.07, 6.45) is 1.05. The van der Waals surface area contributed by atoms with Crippen LogP contribution in [-0.4, -0.2) is 24.4 Å². The molecule has 2 unspecified atom stereocenters. The van der Waals surface area contributed by atoms with Crippen LogP contribution in [0.5, 0.6) is 0 Å². The summed E-state index contributed by atoms with van der Waals surface area (Å²) in [6.45, 7) is 1.87. The number of alkyl halides is 3. The predicted octanol–water partition coefficient (Wildman–Crippen LogP) is 4.64. The number of carbonyl (C=O) groups is 2. The lowest BCUT2D eigenvalue weighted by Gasteiger charge is -2.48. The van der Waals surface area contributed by atoms with Crippen LogP contribution in [0.15, 0.2) is 18.2 Å². The van der Waals surface area contributed by atoms with Crippen LogP contribution in [0.3, 0.4) is 0 Å². The Bertz CT molecular complexity index is 864. The molecule has 0 N–H and O–H groups in total. The average Bonchev–Trinajstić information content (AvgIpc) is 2.94. The van der Waals surface area contributed by atoms with Gasteiger partial charge in [0.25, 0.3) is 0 Å². The maximum absolute atomic E-state index is 12.8. The Morgan fingerprint density at radius 3 is 2.61 bits per heavy atom. The molecule has 150 valence electrons. The van der Waals surface area contributed by atoms with E-state index in [1.807, 2.05) is 12.1 Å². The molecule has 3 aliphatic carbocycles. The molecule has 0 radical (unpaired) electrons. The highest BCUT2D eigenvalue weighted by Crippen LogP contribution is 2.59. The molecule has 2 saturated carbocycles. The lowest BCUT2D eigenvalue weighted by molar-refractivity contribution is -0.189. The second-order valence-electron chi connectivity index (χ2n) is 9.26. The van der Waals surface area contributed by atoms with Crippen LogP contribution in [0, 0.1) is 23.2 Å². The van der Waals surface area contributed by atoms with E-state index in [1.54, 1.807) is 6.07 Å². The second kappa shape index (κ2) is 5.83. The van der Waals surface area contributed by atoms with Crippen molar-refractivity contribution in [1.29, 1.82) is 0 Å². The Morgan fingerprint density at radius 1 is 1.11 bits per heavy atom. The summed E-state index contributed by atoms with van der Waals surface area (Å²) < 4.78 is 38.4. The number of rotatable bonds is 1. The smallest absolute Gasteiger partial charge is 0.311 e. The van der Waals surface area contributed by atoms with E-state index in [1.165, 1.54) is 10.5 Å². The van der Waals surface area contributed by atoms with Gasteiger partial charge in [-0.3, -0.25) is 9.59 Å². The summed E-state index contributed by atoms with van der Waals surface area (Å²) in [6, 6.07) is 5.75. The van der Waals surface area contributed by atoms with Gasteiger partial charge in [-0.15, -0.1) is 0 Å². The number of β-lactam (4-membered cyclic amide) rings is 1. The van der Waals surface area contributed by atoms with Gasteiger partial charge in [-0.25, -0.2) is 0 Å². The minimum Gasteiger partial charge on any atom is -0.311 e. The number of nitrogens with zero attached hydrogens (tertiary/aromatic N) is 1. The molecule has 1 amide bonds. The molecule has 3 nitrogen and oxygen atoms in total. The first-order chi connectivity index (χ1) is 13.2. The highest BCUT2D eigenvalue weighted by atomic mass is 19.4. The number of aryl methyl sites for hydroxylation is 1. The number of hydrogen-bond acceptors (Lipinski definition) is 2. The molecule has 0 bridgehead atoms. The van der Waals surface area contributed by atoms with Gasteiger partial charge in [0.1, 0.15) is 5.78 Å². The molecule has 0 aromatic heterocycles. The van der Waals surface area contributed by atoms with Crippen LogP contribution in [0.2, 0.25) is 0 Å². The Morgan fingerprint density at radius 2 is 1.89 bits per heavy atom. The van der Waals surface area contributed by atoms with Crippen LogP contribution < -0.4 is 4.90 Å². The minimum atomic E-state index is -4.46. The summed E-state index contributed by atoms with van der Waals surface area (Å²) >= 11 is 0. The van der Waals surface area contributed by atoms with Crippen molar-refractivity contribution in [3.63, 3.8) is 0 Å². The summed E-state index contributed by atoms with van der Waals surface area (Å²) in [5.74, 6) is -0.882. The number of ketones is 1. The summed E-state index contributed by atoms with van der Waals surface area (Å²) in [4.78, 5) is 25.6. The van der Waals surface area contributed by atoms with Crippen LogP contribution >= 0.6 is 0 Å². The molecule has 28 heavy (non-hydrogen) atoms. The fraction of sp³-hybridized carbons (Fsp3) is 0.636. The Kier molecular flexibility index (Phi) is 3.79. The van der Waals surface area contributed by atoms with Crippen molar-refractivity contribution < 1.29 is 22.8 Å². The zero-order chi connectivity index (χ0) is 19.8. The molecule has 1 aliphatic heterocycles. The van der Waals surface area contributed by atoms with Gasteiger partial charge in [0.2, 0.25) is 5.91 Å². The van der Waals surface area contributed by atoms with E-state index in [4.69, 9.17) is 0 Å². The topological polar surface area (TPSA) is 37.4 Å². The number of anilines is 1. The number of hydrogen-bond donors (Lipinski definition) is 0. The van der Waals surface area contributed by atoms with Crippen LogP contribution in [-0.2, 0) is 16.0 Å². The minimum absolute atomic E-state index is 0.157. The molecule has 1 saturated heterocycles. The van der Waals surface area contributed by atoms with E-state index in [-0.39, 0.29) is 12.0 Å². The van der Waals surface area contributed by atoms with Gasteiger partial charge in [0.05, 0.1) is 0 Å². The standard InChI is InChI=1S/C22H24F3NO2/c1-21-9-8-15-14-5-3-13(26-11-18(20(26)28)22(23,24)25)10-12(14)2-4-16(15)17(21)6-7-19(21)27/h3,5,10,15-18H,2,4,6-9,11H2,1H3/t15-,16?,17+,18?,21+/m1/s1. The fourth-order valence-corrected chi connectivity index (χ4v) is 6.41. The maximum atomic E-state index is 12.8. The number of amides is 1. The number of benzene rings is 1. The Hall–Kier alpha value is -1.85. The fourth-order valence-electron chi connectivity index (χ4n) is 6.41. The van der Waals surface area contributed by atoms with E-state index >= 15 is 0 Å². The SMILES string of the molecule is C[C@]12CC[C@@H]3c4ccc(N5CC(C(F)(F)F)C5=O)cc4CCC3[C@@H]1CCC2=O. The highest BCUT2D eigenvalue weighted by Gasteiger charge is 2.56. The van der Waals surface area contributed by atoms with E-state index < -0.39 is 18.0 Å². The van der Waals surface area contributed by atoms with Crippen molar-refractivity contribution in [2.75, 3.05) is 11.4 Å². The molecule has 1 heterocycles. The molecular formula is C22H24F3NO2. The highest BCUT2D eigenvalue weighted by molar-refractivity contribution is 6.02. The first-order valence-corrected chi connectivity index (χ1v) is 10.2. The van der Waals surface area contributed by atoms with Crippen molar-refractivity contribution in [3.8, 4) is 0 Å². The zero-order valence-corrected chi connectivity index (χ0v) is 15.9. The molecule has 5 rings (SSSR count). The molecule has 4 aliphatic rings. The summed E-state index contributed by atoms with van der Waals surface area (Å²) in [5.41, 5.74) is 2.87. The zero-order valence-electron chi connectivity index (χ0n) is 15.9. The van der Waals surface area contributed by atoms with Crippen LogP contribution in [0.4, 0.5) is 18.9 Å². The normalized spacial score (nSPS) is 37.2. The van der Waals surface area contributed by atoms with Crippen molar-refractivity contribution in [2.45, 2.75) is 57.5 Å². The Labute approximate surface area is 162 Å². The van der Waals surface area contributed by atoms with Crippen molar-refractivity contribution in [2.24, 2.45) is 23.2 Å². The Balaban J connectivity index is 1.39. The lowest BCUT2D eigenvalue weighted by Crippen LogP contribution is -2.58. The van der Waals surface area contributed by atoms with Gasteiger partial charge in [0.15, 0.2) is 5.92 Å².